The number of benzene rings is 4. The molecule has 0 saturated heterocycles. The van der Waals surface area contributed by atoms with E-state index >= 15 is 0 Å². The summed E-state index contributed by atoms with van der Waals surface area (Å²) < 4.78 is 17.6. The first-order valence-corrected chi connectivity index (χ1v) is 14.5. The van der Waals surface area contributed by atoms with Crippen LogP contribution in [-0.2, 0) is 0 Å². The molecule has 5 rings (SSSR count). The van der Waals surface area contributed by atoms with Gasteiger partial charge in [-0.1, -0.05) is 12.1 Å². The number of amides is 2. The molecular formula is C36H37N3O5. The maximum Gasteiger partial charge on any atom is 0.255 e. The van der Waals surface area contributed by atoms with Gasteiger partial charge in [0.1, 0.15) is 28.6 Å². The van der Waals surface area contributed by atoms with Crippen molar-refractivity contribution >= 4 is 28.5 Å². The third-order valence-electron chi connectivity index (χ3n) is 6.99. The van der Waals surface area contributed by atoms with Gasteiger partial charge in [0.15, 0.2) is 0 Å². The van der Waals surface area contributed by atoms with Crippen LogP contribution in [0.1, 0.15) is 48.4 Å². The van der Waals surface area contributed by atoms with Crippen molar-refractivity contribution in [1.29, 1.82) is 0 Å². The molecular weight excluding hydrogens is 554 g/mol. The second-order valence-corrected chi connectivity index (χ2v) is 11.4. The average Bonchev–Trinajstić information content (AvgIpc) is 3.39. The number of fused-ring (bicyclic) bond motifs is 1. The summed E-state index contributed by atoms with van der Waals surface area (Å²) in [5, 5.41) is 9.87. The molecule has 2 amide bonds. The molecule has 0 aliphatic carbocycles. The zero-order chi connectivity index (χ0) is 31.4. The minimum absolute atomic E-state index is 0.151. The monoisotopic (exact) mass is 591 g/mol. The first kappa shape index (κ1) is 30.2. The van der Waals surface area contributed by atoms with Crippen LogP contribution in [0, 0.1) is 0 Å². The van der Waals surface area contributed by atoms with Gasteiger partial charge in [-0.3, -0.25) is 9.59 Å². The van der Waals surface area contributed by atoms with Gasteiger partial charge in [-0.05, 0) is 100.0 Å². The number of hydrogen-bond acceptors (Lipinski definition) is 6. The van der Waals surface area contributed by atoms with Gasteiger partial charge in [0, 0.05) is 53.0 Å². The van der Waals surface area contributed by atoms with Crippen LogP contribution in [0.3, 0.4) is 0 Å². The molecule has 0 fully saturated rings. The second kappa shape index (κ2) is 12.6. The van der Waals surface area contributed by atoms with E-state index < -0.39 is 0 Å². The lowest BCUT2D eigenvalue weighted by atomic mass is 9.97. The highest BCUT2D eigenvalue weighted by Gasteiger charge is 2.24. The predicted molar refractivity (Wildman–Crippen MR) is 175 cm³/mol. The zero-order valence-electron chi connectivity index (χ0n) is 25.8. The summed E-state index contributed by atoms with van der Waals surface area (Å²) in [6.45, 7) is 8.53. The van der Waals surface area contributed by atoms with E-state index in [2.05, 4.69) is 16.0 Å². The fraction of sp³-hybridized carbons (Fsp3) is 0.222. The van der Waals surface area contributed by atoms with Gasteiger partial charge in [-0.2, -0.15) is 0 Å². The molecule has 0 aliphatic heterocycles. The van der Waals surface area contributed by atoms with Crippen molar-refractivity contribution in [1.82, 2.24) is 10.6 Å². The van der Waals surface area contributed by atoms with E-state index in [1.807, 2.05) is 107 Å². The molecule has 8 heteroatoms. The molecule has 0 atom stereocenters. The van der Waals surface area contributed by atoms with Crippen molar-refractivity contribution in [2.75, 3.05) is 26.0 Å². The summed E-state index contributed by atoms with van der Waals surface area (Å²) in [7, 11) is 3.22. The standard InChI is InChI=1S/C36H37N3O5/c1-7-38-30-21-31-29(20-28(30)23-9-8-10-24(19-23)34(40)39-36(2,3)4)32(35(41)37-5)33(44-31)22-11-13-26(14-12-22)43-27-17-15-25(42-6)16-18-27/h8-21,38H,7H2,1-6H3,(H,37,41)(H,39,40). The number of carbonyl (C=O) groups is 2. The Morgan fingerprint density at radius 2 is 1.48 bits per heavy atom. The topological polar surface area (TPSA) is 102 Å². The van der Waals surface area contributed by atoms with Gasteiger partial charge in [-0.25, -0.2) is 0 Å². The maximum absolute atomic E-state index is 13.3. The van der Waals surface area contributed by atoms with Gasteiger partial charge < -0.3 is 29.8 Å². The van der Waals surface area contributed by atoms with Crippen molar-refractivity contribution in [2.45, 2.75) is 33.2 Å². The Morgan fingerprint density at radius 3 is 2.09 bits per heavy atom. The lowest BCUT2D eigenvalue weighted by molar-refractivity contribution is 0.0918. The molecule has 0 spiro atoms. The number of methoxy groups -OCH3 is 1. The Balaban J connectivity index is 1.56. The lowest BCUT2D eigenvalue weighted by Gasteiger charge is -2.21. The van der Waals surface area contributed by atoms with E-state index in [4.69, 9.17) is 13.9 Å². The molecule has 1 aromatic heterocycles. The molecule has 0 aliphatic rings. The molecule has 226 valence electrons. The third-order valence-corrected chi connectivity index (χ3v) is 6.99. The highest BCUT2D eigenvalue weighted by atomic mass is 16.5. The summed E-state index contributed by atoms with van der Waals surface area (Å²) in [5.41, 5.74) is 4.44. The van der Waals surface area contributed by atoms with Gasteiger partial charge in [-0.15, -0.1) is 0 Å². The first-order chi connectivity index (χ1) is 21.1. The lowest BCUT2D eigenvalue weighted by Crippen LogP contribution is -2.40. The maximum atomic E-state index is 13.3. The molecule has 0 radical (unpaired) electrons. The number of anilines is 1. The predicted octanol–water partition coefficient (Wildman–Crippen LogP) is 7.89. The van der Waals surface area contributed by atoms with E-state index in [1.165, 1.54) is 0 Å². The Bertz CT molecular complexity index is 1800. The van der Waals surface area contributed by atoms with Crippen LogP contribution >= 0.6 is 0 Å². The molecule has 3 N–H and O–H groups in total. The SMILES string of the molecule is CCNc1cc2oc(-c3ccc(Oc4ccc(OC)cc4)cc3)c(C(=O)NC)c2cc1-c1cccc(C(=O)NC(C)(C)C)c1. The molecule has 0 bridgehead atoms. The molecule has 8 nitrogen and oxygen atoms in total. The van der Waals surface area contributed by atoms with Gasteiger partial charge in [0.05, 0.1) is 12.7 Å². The van der Waals surface area contributed by atoms with Gasteiger partial charge in [0.25, 0.3) is 11.8 Å². The van der Waals surface area contributed by atoms with E-state index in [0.717, 1.165) is 28.1 Å². The van der Waals surface area contributed by atoms with Gasteiger partial charge >= 0.3 is 0 Å². The summed E-state index contributed by atoms with van der Waals surface area (Å²) >= 11 is 0. The number of furan rings is 1. The van der Waals surface area contributed by atoms with Crippen LogP contribution in [0.2, 0.25) is 0 Å². The van der Waals surface area contributed by atoms with Crippen molar-refractivity contribution in [3.8, 4) is 39.7 Å². The molecule has 1 heterocycles. The van der Waals surface area contributed by atoms with Crippen LogP contribution in [-0.4, -0.2) is 38.1 Å². The van der Waals surface area contributed by atoms with E-state index in [0.29, 0.717) is 45.9 Å². The van der Waals surface area contributed by atoms with E-state index in [1.54, 1.807) is 20.2 Å². The second-order valence-electron chi connectivity index (χ2n) is 11.4. The Kier molecular flexibility index (Phi) is 8.62. The van der Waals surface area contributed by atoms with Crippen LogP contribution in [0.5, 0.6) is 17.2 Å². The minimum Gasteiger partial charge on any atom is -0.497 e. The van der Waals surface area contributed by atoms with E-state index in [-0.39, 0.29) is 17.4 Å². The first-order valence-electron chi connectivity index (χ1n) is 14.5. The third kappa shape index (κ3) is 6.54. The molecule has 5 aromatic rings. The van der Waals surface area contributed by atoms with Crippen LogP contribution in [0.25, 0.3) is 33.4 Å². The molecule has 4 aromatic carbocycles. The largest absolute Gasteiger partial charge is 0.497 e. The van der Waals surface area contributed by atoms with Crippen molar-refractivity contribution in [3.05, 3.63) is 96.1 Å². The number of nitrogens with one attached hydrogen (secondary N) is 3. The van der Waals surface area contributed by atoms with Crippen LogP contribution < -0.4 is 25.4 Å². The summed E-state index contributed by atoms with van der Waals surface area (Å²) in [5.74, 6) is 2.10. The number of ether oxygens (including phenoxy) is 2. The Morgan fingerprint density at radius 1 is 0.818 bits per heavy atom. The quantitative estimate of drug-likeness (QED) is 0.161. The Hall–Kier alpha value is -5.24. The van der Waals surface area contributed by atoms with Crippen molar-refractivity contribution in [3.63, 3.8) is 0 Å². The molecule has 0 unspecified atom stereocenters. The van der Waals surface area contributed by atoms with Crippen molar-refractivity contribution in [2.24, 2.45) is 0 Å². The summed E-state index contributed by atoms with van der Waals surface area (Å²) in [4.78, 5) is 26.3. The smallest absolute Gasteiger partial charge is 0.255 e. The van der Waals surface area contributed by atoms with Crippen molar-refractivity contribution < 1.29 is 23.5 Å². The van der Waals surface area contributed by atoms with E-state index in [9.17, 15) is 9.59 Å². The highest BCUT2D eigenvalue weighted by Crippen LogP contribution is 2.40. The van der Waals surface area contributed by atoms with Crippen LogP contribution in [0.15, 0.2) is 89.3 Å². The summed E-state index contributed by atoms with van der Waals surface area (Å²) in [6, 6.07) is 26.1. The normalized spacial score (nSPS) is 11.2. The fourth-order valence-corrected chi connectivity index (χ4v) is 4.97. The molecule has 44 heavy (non-hydrogen) atoms. The number of hydrogen-bond donors (Lipinski definition) is 3. The number of rotatable bonds is 9. The zero-order valence-corrected chi connectivity index (χ0v) is 25.8. The average molecular weight is 592 g/mol. The highest BCUT2D eigenvalue weighted by molar-refractivity contribution is 6.13. The molecule has 0 saturated carbocycles. The minimum atomic E-state index is -0.365. The summed E-state index contributed by atoms with van der Waals surface area (Å²) in [6.07, 6.45) is 0. The number of carbonyl (C=O) groups excluding carboxylic acids is 2. The fourth-order valence-electron chi connectivity index (χ4n) is 4.97. The Labute approximate surface area is 257 Å². The van der Waals surface area contributed by atoms with Crippen LogP contribution in [0.4, 0.5) is 5.69 Å². The van der Waals surface area contributed by atoms with Gasteiger partial charge in [0.2, 0.25) is 0 Å².